The third kappa shape index (κ3) is 3.60. The van der Waals surface area contributed by atoms with E-state index in [2.05, 4.69) is 32.0 Å². The fourth-order valence-electron chi connectivity index (χ4n) is 3.75. The molecular formula is C19H28O2. The Morgan fingerprint density at radius 2 is 2.05 bits per heavy atom. The van der Waals surface area contributed by atoms with Gasteiger partial charge < -0.3 is 9.84 Å². The van der Waals surface area contributed by atoms with Crippen molar-refractivity contribution >= 4 is 0 Å². The minimum absolute atomic E-state index is 0.134. The Bertz CT molecular complexity index is 482. The van der Waals surface area contributed by atoms with Gasteiger partial charge in [0, 0.05) is 6.42 Å². The maximum absolute atomic E-state index is 10.5. The van der Waals surface area contributed by atoms with E-state index in [1.165, 1.54) is 36.8 Å². The van der Waals surface area contributed by atoms with Crippen molar-refractivity contribution in [3.63, 3.8) is 0 Å². The molecule has 1 fully saturated rings. The van der Waals surface area contributed by atoms with Crippen LogP contribution in [0, 0.1) is 11.3 Å². The van der Waals surface area contributed by atoms with Crippen molar-refractivity contribution < 1.29 is 9.84 Å². The van der Waals surface area contributed by atoms with Gasteiger partial charge >= 0.3 is 0 Å². The molecule has 0 radical (unpaired) electrons. The fraction of sp³-hybridized carbons (Fsp3) is 0.684. The predicted octanol–water partition coefficient (Wildman–Crippen LogP) is 4.13. The van der Waals surface area contributed by atoms with Gasteiger partial charge in [-0.2, -0.15) is 0 Å². The number of fused-ring (bicyclic) bond motifs is 1. The standard InChI is InChI=1S/C19H28O2/c1-19(2)10-7-15(8-11-19)17(20)5-3-14-4-6-18-16(13-14)9-12-21-18/h4,6,13,15,17,20H,3,5,7-12H2,1-2H3. The van der Waals surface area contributed by atoms with Crippen molar-refractivity contribution in [2.24, 2.45) is 11.3 Å². The smallest absolute Gasteiger partial charge is 0.122 e. The SMILES string of the molecule is CC1(C)CCC(C(O)CCc2ccc3c(c2)CCO3)CC1. The average molecular weight is 288 g/mol. The molecule has 1 aromatic rings. The van der Waals surface area contributed by atoms with Crippen LogP contribution in [0.2, 0.25) is 0 Å². The van der Waals surface area contributed by atoms with E-state index in [1.807, 2.05) is 0 Å². The first-order valence-electron chi connectivity index (χ1n) is 8.46. The number of rotatable bonds is 4. The normalized spacial score (nSPS) is 22.6. The molecule has 1 aliphatic heterocycles. The topological polar surface area (TPSA) is 29.5 Å². The van der Waals surface area contributed by atoms with Crippen molar-refractivity contribution in [3.05, 3.63) is 29.3 Å². The lowest BCUT2D eigenvalue weighted by Crippen LogP contribution is -2.29. The van der Waals surface area contributed by atoms with Crippen molar-refractivity contribution in [1.29, 1.82) is 0 Å². The quantitative estimate of drug-likeness (QED) is 0.902. The van der Waals surface area contributed by atoms with E-state index in [0.29, 0.717) is 11.3 Å². The Kier molecular flexibility index (Phi) is 4.26. The lowest BCUT2D eigenvalue weighted by Gasteiger charge is -2.36. The van der Waals surface area contributed by atoms with Gasteiger partial charge in [-0.25, -0.2) is 0 Å². The summed E-state index contributed by atoms with van der Waals surface area (Å²) in [7, 11) is 0. The molecule has 3 rings (SSSR count). The van der Waals surface area contributed by atoms with E-state index < -0.39 is 0 Å². The van der Waals surface area contributed by atoms with Crippen molar-refractivity contribution in [3.8, 4) is 5.75 Å². The highest BCUT2D eigenvalue weighted by atomic mass is 16.5. The molecule has 1 N–H and O–H groups in total. The van der Waals surface area contributed by atoms with Gasteiger partial charge in [0.1, 0.15) is 5.75 Å². The first-order valence-corrected chi connectivity index (χ1v) is 8.46. The Morgan fingerprint density at radius 1 is 1.29 bits per heavy atom. The van der Waals surface area contributed by atoms with Crippen LogP contribution >= 0.6 is 0 Å². The van der Waals surface area contributed by atoms with Gasteiger partial charge in [-0.1, -0.05) is 26.0 Å². The number of hydrogen-bond donors (Lipinski definition) is 1. The maximum Gasteiger partial charge on any atom is 0.122 e. The number of aryl methyl sites for hydroxylation is 1. The van der Waals surface area contributed by atoms with Crippen LogP contribution in [0.1, 0.15) is 57.1 Å². The summed E-state index contributed by atoms with van der Waals surface area (Å²) < 4.78 is 5.54. The second-order valence-corrected chi connectivity index (χ2v) is 7.65. The molecule has 0 spiro atoms. The minimum atomic E-state index is -0.134. The summed E-state index contributed by atoms with van der Waals surface area (Å²) in [6.45, 7) is 5.52. The van der Waals surface area contributed by atoms with Gasteiger partial charge in [-0.15, -0.1) is 0 Å². The molecule has 2 aliphatic rings. The highest BCUT2D eigenvalue weighted by Crippen LogP contribution is 2.39. The van der Waals surface area contributed by atoms with Crippen LogP contribution in [-0.4, -0.2) is 17.8 Å². The molecule has 116 valence electrons. The summed E-state index contributed by atoms with van der Waals surface area (Å²) in [6, 6.07) is 6.51. The van der Waals surface area contributed by atoms with E-state index in [-0.39, 0.29) is 6.10 Å². The molecule has 0 amide bonds. The molecule has 2 nitrogen and oxygen atoms in total. The van der Waals surface area contributed by atoms with Gasteiger partial charge in [-0.05, 0) is 67.1 Å². The van der Waals surface area contributed by atoms with Crippen LogP contribution in [-0.2, 0) is 12.8 Å². The number of benzene rings is 1. The van der Waals surface area contributed by atoms with Gasteiger partial charge in [0.15, 0.2) is 0 Å². The van der Waals surface area contributed by atoms with Crippen LogP contribution in [0.3, 0.4) is 0 Å². The lowest BCUT2D eigenvalue weighted by molar-refractivity contribution is 0.0517. The number of ether oxygens (including phenoxy) is 1. The van der Waals surface area contributed by atoms with Gasteiger partial charge in [0.05, 0.1) is 12.7 Å². The van der Waals surface area contributed by atoms with Gasteiger partial charge in [-0.3, -0.25) is 0 Å². The molecule has 0 aromatic heterocycles. The molecule has 1 saturated carbocycles. The Labute approximate surface area is 128 Å². The van der Waals surface area contributed by atoms with Crippen LogP contribution in [0.15, 0.2) is 18.2 Å². The zero-order chi connectivity index (χ0) is 14.9. The molecule has 21 heavy (non-hydrogen) atoms. The third-order valence-corrected chi connectivity index (χ3v) is 5.41. The molecule has 1 aromatic carbocycles. The molecule has 1 unspecified atom stereocenters. The lowest BCUT2D eigenvalue weighted by atomic mass is 9.71. The van der Waals surface area contributed by atoms with Gasteiger partial charge in [0.2, 0.25) is 0 Å². The van der Waals surface area contributed by atoms with E-state index in [0.717, 1.165) is 31.6 Å². The van der Waals surface area contributed by atoms with Crippen molar-refractivity contribution in [2.45, 2.75) is 64.9 Å². The Balaban J connectivity index is 1.51. The van der Waals surface area contributed by atoms with Crippen LogP contribution in [0.25, 0.3) is 0 Å². The monoisotopic (exact) mass is 288 g/mol. The second-order valence-electron chi connectivity index (χ2n) is 7.65. The van der Waals surface area contributed by atoms with E-state index in [1.54, 1.807) is 0 Å². The zero-order valence-corrected chi connectivity index (χ0v) is 13.4. The van der Waals surface area contributed by atoms with E-state index >= 15 is 0 Å². The molecular weight excluding hydrogens is 260 g/mol. The average Bonchev–Trinajstić information content (AvgIpc) is 2.92. The largest absolute Gasteiger partial charge is 0.493 e. The van der Waals surface area contributed by atoms with Crippen LogP contribution in [0.5, 0.6) is 5.75 Å². The van der Waals surface area contributed by atoms with Crippen LogP contribution in [0.4, 0.5) is 0 Å². The first-order chi connectivity index (χ1) is 10.0. The molecule has 1 heterocycles. The summed E-state index contributed by atoms with van der Waals surface area (Å²) in [5.41, 5.74) is 3.16. The third-order valence-electron chi connectivity index (χ3n) is 5.41. The molecule has 0 bridgehead atoms. The van der Waals surface area contributed by atoms with Gasteiger partial charge in [0.25, 0.3) is 0 Å². The Morgan fingerprint density at radius 3 is 2.81 bits per heavy atom. The number of aliphatic hydroxyl groups excluding tert-OH is 1. The second kappa shape index (κ2) is 6.00. The summed E-state index contributed by atoms with van der Waals surface area (Å²) in [5.74, 6) is 1.56. The summed E-state index contributed by atoms with van der Waals surface area (Å²) in [6.07, 6.45) is 7.65. The zero-order valence-electron chi connectivity index (χ0n) is 13.4. The molecule has 1 atom stereocenters. The van der Waals surface area contributed by atoms with E-state index in [9.17, 15) is 5.11 Å². The summed E-state index contributed by atoms with van der Waals surface area (Å²) in [5, 5.41) is 10.5. The van der Waals surface area contributed by atoms with Crippen molar-refractivity contribution in [2.75, 3.05) is 6.61 Å². The highest BCUT2D eigenvalue weighted by Gasteiger charge is 2.30. The van der Waals surface area contributed by atoms with Crippen LogP contribution < -0.4 is 4.74 Å². The molecule has 0 saturated heterocycles. The molecule has 2 heteroatoms. The summed E-state index contributed by atoms with van der Waals surface area (Å²) >= 11 is 0. The number of aliphatic hydroxyl groups is 1. The summed E-state index contributed by atoms with van der Waals surface area (Å²) in [4.78, 5) is 0. The maximum atomic E-state index is 10.5. The van der Waals surface area contributed by atoms with E-state index in [4.69, 9.17) is 4.74 Å². The van der Waals surface area contributed by atoms with Crippen molar-refractivity contribution in [1.82, 2.24) is 0 Å². The minimum Gasteiger partial charge on any atom is -0.493 e. The predicted molar refractivity (Wildman–Crippen MR) is 85.7 cm³/mol. The molecule has 1 aliphatic carbocycles. The first kappa shape index (κ1) is 14.9. The Hall–Kier alpha value is -1.02. The number of hydrogen-bond acceptors (Lipinski definition) is 2. The fourth-order valence-corrected chi connectivity index (χ4v) is 3.75. The highest BCUT2D eigenvalue weighted by molar-refractivity contribution is 5.39.